The van der Waals surface area contributed by atoms with Gasteiger partial charge in [0, 0.05) is 6.07 Å². The second kappa shape index (κ2) is 4.69. The van der Waals surface area contributed by atoms with E-state index < -0.39 is 16.6 Å². The molecule has 8 nitrogen and oxygen atoms in total. The van der Waals surface area contributed by atoms with Gasteiger partial charge in [0.05, 0.1) is 16.2 Å². The number of hydrogen-bond donors (Lipinski definition) is 2. The van der Waals surface area contributed by atoms with Crippen molar-refractivity contribution in [2.75, 3.05) is 0 Å². The fraction of sp³-hybridized carbons (Fsp3) is 0. The molecule has 0 amide bonds. The monoisotopic (exact) mass is 261 g/mol. The third-order valence-electron chi connectivity index (χ3n) is 2.35. The third kappa shape index (κ3) is 2.46. The van der Waals surface area contributed by atoms with Crippen LogP contribution in [-0.2, 0) is 0 Å². The van der Waals surface area contributed by atoms with E-state index in [9.17, 15) is 19.7 Å². The minimum atomic E-state index is -1.35. The van der Waals surface area contributed by atoms with E-state index in [-0.39, 0.29) is 22.6 Å². The van der Waals surface area contributed by atoms with Crippen molar-refractivity contribution in [1.29, 1.82) is 0 Å². The number of carboxylic acids is 1. The maximum atomic E-state index is 11.3. The van der Waals surface area contributed by atoms with Crippen LogP contribution in [0.5, 0.6) is 0 Å². The van der Waals surface area contributed by atoms with Crippen LogP contribution < -0.4 is 5.69 Å². The number of aromatic amines is 1. The van der Waals surface area contributed by atoms with E-state index in [2.05, 4.69) is 4.98 Å². The average molecular weight is 261 g/mol. The number of carbonyl (C=O) groups is 1. The fourth-order valence-corrected chi connectivity index (χ4v) is 1.56. The molecule has 0 spiro atoms. The van der Waals surface area contributed by atoms with Crippen LogP contribution in [0.3, 0.4) is 0 Å². The highest BCUT2D eigenvalue weighted by molar-refractivity contribution is 5.87. The number of rotatable bonds is 3. The number of benzene rings is 1. The lowest BCUT2D eigenvalue weighted by Crippen LogP contribution is -2.16. The van der Waals surface area contributed by atoms with Gasteiger partial charge in [-0.25, -0.2) is 9.59 Å². The van der Waals surface area contributed by atoms with Gasteiger partial charge >= 0.3 is 11.7 Å². The van der Waals surface area contributed by atoms with E-state index >= 15 is 0 Å². The summed E-state index contributed by atoms with van der Waals surface area (Å²) < 4.78 is 0. The number of para-hydroxylation sites is 1. The predicted octanol–water partition coefficient (Wildman–Crippen LogP) is 1.04. The Bertz CT molecular complexity index is 722. The van der Waals surface area contributed by atoms with Crippen LogP contribution in [0.15, 0.2) is 35.1 Å². The van der Waals surface area contributed by atoms with Crippen molar-refractivity contribution in [3.05, 3.63) is 56.6 Å². The minimum absolute atomic E-state index is 0.0616. The molecule has 0 fully saturated rings. The molecule has 0 aliphatic carbocycles. The van der Waals surface area contributed by atoms with Crippen LogP contribution in [0.25, 0.3) is 11.3 Å². The van der Waals surface area contributed by atoms with E-state index in [0.717, 1.165) is 6.07 Å². The molecular weight excluding hydrogens is 254 g/mol. The second-order valence-electron chi connectivity index (χ2n) is 3.56. The topological polar surface area (TPSA) is 126 Å². The van der Waals surface area contributed by atoms with Gasteiger partial charge in [0.15, 0.2) is 0 Å². The zero-order valence-electron chi connectivity index (χ0n) is 9.36. The molecule has 2 N–H and O–H groups in total. The number of nitro benzene ring substituents is 1. The van der Waals surface area contributed by atoms with Crippen LogP contribution in [0.4, 0.5) is 5.69 Å². The summed E-state index contributed by atoms with van der Waals surface area (Å²) in [7, 11) is 0. The number of aromatic nitrogens is 2. The molecule has 96 valence electrons. The molecule has 2 aromatic rings. The molecule has 2 rings (SSSR count). The summed E-state index contributed by atoms with van der Waals surface area (Å²) in [6.45, 7) is 0. The van der Waals surface area contributed by atoms with Gasteiger partial charge in [-0.15, -0.1) is 0 Å². The number of aromatic carboxylic acids is 1. The van der Waals surface area contributed by atoms with Gasteiger partial charge < -0.3 is 5.11 Å². The van der Waals surface area contributed by atoms with Crippen LogP contribution in [-0.4, -0.2) is 26.0 Å². The molecule has 1 aromatic heterocycles. The van der Waals surface area contributed by atoms with Crippen molar-refractivity contribution in [3.63, 3.8) is 0 Å². The van der Waals surface area contributed by atoms with Crippen LogP contribution in [0.1, 0.15) is 10.5 Å². The molecule has 1 aromatic carbocycles. The number of nitrogens with zero attached hydrogens (tertiary/aromatic N) is 2. The lowest BCUT2D eigenvalue weighted by atomic mass is 10.1. The molecule has 0 saturated carbocycles. The SMILES string of the molecule is O=C(O)c1cc(-c2ccccc2[N+](=O)[O-])nc(=O)[nH]1. The largest absolute Gasteiger partial charge is 0.477 e. The average Bonchev–Trinajstić information content (AvgIpc) is 2.37. The van der Waals surface area contributed by atoms with Gasteiger partial charge in [-0.1, -0.05) is 12.1 Å². The standard InChI is InChI=1S/C11H7N3O5/c15-10(16)8-5-7(12-11(17)13-8)6-3-1-2-4-9(6)14(18)19/h1-5H,(H,15,16)(H,12,13,17). The smallest absolute Gasteiger partial charge is 0.352 e. The normalized spacial score (nSPS) is 10.1. The summed E-state index contributed by atoms with van der Waals surface area (Å²) in [6.07, 6.45) is 0. The Morgan fingerprint density at radius 2 is 2.05 bits per heavy atom. The predicted molar refractivity (Wildman–Crippen MR) is 63.9 cm³/mol. The zero-order valence-corrected chi connectivity index (χ0v) is 9.36. The first-order chi connectivity index (χ1) is 8.99. The molecule has 19 heavy (non-hydrogen) atoms. The lowest BCUT2D eigenvalue weighted by Gasteiger charge is -2.02. The van der Waals surface area contributed by atoms with Crippen molar-refractivity contribution >= 4 is 11.7 Å². The van der Waals surface area contributed by atoms with Crippen LogP contribution in [0, 0.1) is 10.1 Å². The Balaban J connectivity index is 2.69. The molecule has 0 radical (unpaired) electrons. The summed E-state index contributed by atoms with van der Waals surface area (Å²) >= 11 is 0. The molecule has 0 unspecified atom stereocenters. The molecular formula is C11H7N3O5. The first-order valence-corrected chi connectivity index (χ1v) is 5.07. The Morgan fingerprint density at radius 1 is 1.37 bits per heavy atom. The molecule has 0 bridgehead atoms. The number of nitrogens with one attached hydrogen (secondary N) is 1. The number of hydrogen-bond acceptors (Lipinski definition) is 5. The van der Waals surface area contributed by atoms with Gasteiger partial charge in [-0.05, 0) is 12.1 Å². The van der Waals surface area contributed by atoms with Crippen molar-refractivity contribution in [1.82, 2.24) is 9.97 Å². The highest BCUT2D eigenvalue weighted by Gasteiger charge is 2.17. The van der Waals surface area contributed by atoms with Gasteiger partial charge in [0.2, 0.25) is 0 Å². The van der Waals surface area contributed by atoms with Crippen molar-refractivity contribution < 1.29 is 14.8 Å². The lowest BCUT2D eigenvalue weighted by molar-refractivity contribution is -0.384. The number of nitro groups is 1. The zero-order chi connectivity index (χ0) is 14.0. The van der Waals surface area contributed by atoms with Gasteiger partial charge in [-0.3, -0.25) is 15.1 Å². The maximum absolute atomic E-state index is 11.3. The van der Waals surface area contributed by atoms with E-state index in [1.165, 1.54) is 24.3 Å². The Morgan fingerprint density at radius 3 is 2.68 bits per heavy atom. The number of H-pyrrole nitrogens is 1. The van der Waals surface area contributed by atoms with Crippen molar-refractivity contribution in [3.8, 4) is 11.3 Å². The quantitative estimate of drug-likeness (QED) is 0.627. The molecule has 8 heteroatoms. The van der Waals surface area contributed by atoms with Crippen LogP contribution in [0.2, 0.25) is 0 Å². The molecule has 0 saturated heterocycles. The molecule has 0 aliphatic heterocycles. The fourth-order valence-electron chi connectivity index (χ4n) is 1.56. The Kier molecular flexibility index (Phi) is 3.06. The highest BCUT2D eigenvalue weighted by Crippen LogP contribution is 2.27. The summed E-state index contributed by atoms with van der Waals surface area (Å²) in [4.78, 5) is 37.9. The van der Waals surface area contributed by atoms with Gasteiger partial charge in [0.25, 0.3) is 5.69 Å². The summed E-state index contributed by atoms with van der Waals surface area (Å²) in [5.74, 6) is -1.35. The Hall–Kier alpha value is -3.03. The van der Waals surface area contributed by atoms with Gasteiger partial charge in [-0.2, -0.15) is 4.98 Å². The van der Waals surface area contributed by atoms with Crippen LogP contribution >= 0.6 is 0 Å². The van der Waals surface area contributed by atoms with Crippen molar-refractivity contribution in [2.45, 2.75) is 0 Å². The number of carboxylic acid groups (broad SMARTS) is 1. The Labute approximate surface area is 105 Å². The summed E-state index contributed by atoms with van der Waals surface area (Å²) in [5.41, 5.74) is -1.49. The van der Waals surface area contributed by atoms with E-state index in [4.69, 9.17) is 5.11 Å². The minimum Gasteiger partial charge on any atom is -0.477 e. The molecule has 0 atom stereocenters. The first-order valence-electron chi connectivity index (χ1n) is 5.07. The summed E-state index contributed by atoms with van der Waals surface area (Å²) in [5, 5.41) is 19.7. The van der Waals surface area contributed by atoms with E-state index in [0.29, 0.717) is 0 Å². The maximum Gasteiger partial charge on any atom is 0.352 e. The second-order valence-corrected chi connectivity index (χ2v) is 3.56. The van der Waals surface area contributed by atoms with E-state index in [1.807, 2.05) is 4.98 Å². The van der Waals surface area contributed by atoms with Crippen molar-refractivity contribution in [2.24, 2.45) is 0 Å². The highest BCUT2D eigenvalue weighted by atomic mass is 16.6. The first kappa shape index (κ1) is 12.4. The third-order valence-corrected chi connectivity index (χ3v) is 2.35. The van der Waals surface area contributed by atoms with E-state index in [1.54, 1.807) is 0 Å². The molecule has 0 aliphatic rings. The summed E-state index contributed by atoms with van der Waals surface area (Å²) in [6, 6.07) is 6.72. The molecule has 1 heterocycles. The van der Waals surface area contributed by atoms with Gasteiger partial charge in [0.1, 0.15) is 5.69 Å².